The molecule has 1 heteroatoms. The number of rotatable bonds is 2. The van der Waals surface area contributed by atoms with E-state index in [0.717, 1.165) is 16.3 Å². The molecule has 0 aliphatic heterocycles. The molecule has 0 heterocycles. The fourth-order valence-corrected chi connectivity index (χ4v) is 3.67. The van der Waals surface area contributed by atoms with Gasteiger partial charge in [0.1, 0.15) is 5.75 Å². The third-order valence-electron chi connectivity index (χ3n) is 5.15. The summed E-state index contributed by atoms with van der Waals surface area (Å²) in [4.78, 5) is 0. The summed E-state index contributed by atoms with van der Waals surface area (Å²) in [6.07, 6.45) is 3.59. The Morgan fingerprint density at radius 3 is 1.93 bits per heavy atom. The van der Waals surface area contributed by atoms with Gasteiger partial charge in [0.2, 0.25) is 0 Å². The van der Waals surface area contributed by atoms with Crippen molar-refractivity contribution in [1.82, 2.24) is 0 Å². The monoisotopic (exact) mass is 374 g/mol. The Labute approximate surface area is 170 Å². The molecule has 5 aromatic rings. The third kappa shape index (κ3) is 3.63. The van der Waals surface area contributed by atoms with Crippen molar-refractivity contribution in [3.05, 3.63) is 115 Å². The topological polar surface area (TPSA) is 20.2 Å². The Hall–Kier alpha value is -3.84. The molecule has 1 N–H and O–H groups in total. The largest absolute Gasteiger partial charge is 0.507 e. The van der Waals surface area contributed by atoms with Crippen LogP contribution in [0.4, 0.5) is 0 Å². The molecular formula is C28H22O. The lowest BCUT2D eigenvalue weighted by Crippen LogP contribution is -1.79. The van der Waals surface area contributed by atoms with E-state index in [0.29, 0.717) is 0 Å². The summed E-state index contributed by atoms with van der Waals surface area (Å²) in [5.41, 5.74) is 2.00. The van der Waals surface area contributed by atoms with E-state index >= 15 is 0 Å². The van der Waals surface area contributed by atoms with Gasteiger partial charge in [-0.15, -0.1) is 0 Å². The first-order valence-electron chi connectivity index (χ1n) is 9.58. The molecular weight excluding hydrogens is 352 g/mol. The molecule has 5 rings (SSSR count). The molecule has 140 valence electrons. The normalized spacial score (nSPS) is 10.5. The average molecular weight is 374 g/mol. The van der Waals surface area contributed by atoms with Gasteiger partial charge in [-0.05, 0) is 56.1 Å². The maximum absolute atomic E-state index is 9.54. The van der Waals surface area contributed by atoms with Crippen LogP contribution < -0.4 is 0 Å². The number of phenolic OH excluding ortho intramolecular Hbond substituents is 1. The zero-order valence-corrected chi connectivity index (χ0v) is 16.2. The van der Waals surface area contributed by atoms with E-state index in [-0.39, 0.29) is 5.75 Å². The van der Waals surface area contributed by atoms with E-state index in [9.17, 15) is 5.11 Å². The molecule has 0 spiro atoms. The molecule has 1 nitrogen and oxygen atoms in total. The van der Waals surface area contributed by atoms with Gasteiger partial charge in [-0.2, -0.15) is 0 Å². The van der Waals surface area contributed by atoms with Crippen LogP contribution in [0.1, 0.15) is 11.1 Å². The van der Waals surface area contributed by atoms with Crippen LogP contribution in [0, 0.1) is 0 Å². The van der Waals surface area contributed by atoms with Crippen molar-refractivity contribution in [1.29, 1.82) is 0 Å². The number of hydrogen-bond acceptors (Lipinski definition) is 1. The van der Waals surface area contributed by atoms with Crippen LogP contribution in [-0.4, -0.2) is 5.11 Å². The summed E-state index contributed by atoms with van der Waals surface area (Å²) in [7, 11) is 0. The number of fused-ring (bicyclic) bond motifs is 3. The van der Waals surface area contributed by atoms with Crippen molar-refractivity contribution >= 4 is 44.5 Å². The smallest absolute Gasteiger partial charge is 0.123 e. The summed E-state index contributed by atoms with van der Waals surface area (Å²) in [5.74, 6) is 0.286. The predicted octanol–water partition coefficient (Wildman–Crippen LogP) is 7.82. The molecule has 0 aliphatic carbocycles. The highest BCUT2D eigenvalue weighted by molar-refractivity contribution is 6.01. The van der Waals surface area contributed by atoms with Gasteiger partial charge in [-0.1, -0.05) is 98.1 Å². The van der Waals surface area contributed by atoms with Crippen LogP contribution >= 0.6 is 0 Å². The molecule has 0 fully saturated rings. The highest BCUT2D eigenvalue weighted by Gasteiger charge is 2.02. The van der Waals surface area contributed by atoms with E-state index in [4.69, 9.17) is 0 Å². The molecule has 0 amide bonds. The lowest BCUT2D eigenvalue weighted by molar-refractivity contribution is 0.475. The van der Waals surface area contributed by atoms with E-state index < -0.39 is 0 Å². The second-order valence-corrected chi connectivity index (χ2v) is 6.90. The number of hydrogen-bond donors (Lipinski definition) is 1. The lowest BCUT2D eigenvalue weighted by Gasteiger charge is -2.04. The molecule has 0 atom stereocenters. The molecule has 0 aliphatic rings. The van der Waals surface area contributed by atoms with Crippen molar-refractivity contribution in [2.45, 2.75) is 0 Å². The van der Waals surface area contributed by atoms with Gasteiger partial charge in [0, 0.05) is 5.56 Å². The van der Waals surface area contributed by atoms with E-state index in [1.54, 1.807) is 12.1 Å². The zero-order chi connectivity index (χ0) is 20.2. The number of aromatic hydroxyl groups is 1. The molecule has 0 bridgehead atoms. The van der Waals surface area contributed by atoms with E-state index in [2.05, 4.69) is 67.8 Å². The fourth-order valence-electron chi connectivity index (χ4n) is 3.67. The fraction of sp³-hybridized carbons (Fsp3) is 0. The lowest BCUT2D eigenvalue weighted by atomic mass is 10.00. The second-order valence-electron chi connectivity index (χ2n) is 6.90. The van der Waals surface area contributed by atoms with Crippen molar-refractivity contribution < 1.29 is 5.11 Å². The minimum atomic E-state index is 0.286. The van der Waals surface area contributed by atoms with Gasteiger partial charge in [0.05, 0.1) is 0 Å². The van der Waals surface area contributed by atoms with Gasteiger partial charge in [0.15, 0.2) is 0 Å². The summed E-state index contributed by atoms with van der Waals surface area (Å²) >= 11 is 0. The van der Waals surface area contributed by atoms with Crippen LogP contribution in [0.5, 0.6) is 5.75 Å². The molecule has 5 aromatic carbocycles. The summed E-state index contributed by atoms with van der Waals surface area (Å²) in [6, 6.07) is 30.8. The van der Waals surface area contributed by atoms with E-state index in [1.165, 1.54) is 27.1 Å². The van der Waals surface area contributed by atoms with Crippen LogP contribution in [0.3, 0.4) is 0 Å². The Morgan fingerprint density at radius 1 is 0.552 bits per heavy atom. The van der Waals surface area contributed by atoms with Gasteiger partial charge >= 0.3 is 0 Å². The van der Waals surface area contributed by atoms with Crippen LogP contribution in [-0.2, 0) is 0 Å². The molecule has 0 unspecified atom stereocenters. The van der Waals surface area contributed by atoms with Crippen LogP contribution in [0.25, 0.3) is 44.5 Å². The minimum absolute atomic E-state index is 0.286. The molecule has 0 radical (unpaired) electrons. The summed E-state index contributed by atoms with van der Waals surface area (Å²) < 4.78 is 0. The highest BCUT2D eigenvalue weighted by Crippen LogP contribution is 2.28. The van der Waals surface area contributed by atoms with Crippen molar-refractivity contribution in [2.24, 2.45) is 0 Å². The third-order valence-corrected chi connectivity index (χ3v) is 5.15. The predicted molar refractivity (Wildman–Crippen MR) is 127 cm³/mol. The Bertz CT molecular complexity index is 1340. The molecule has 0 aromatic heterocycles. The second kappa shape index (κ2) is 8.04. The molecule has 0 saturated carbocycles. The SMILES string of the molecule is C=Cc1c(O)ccc2ccccc12.C=Cc1cccc2cc3ccccc3cc12. The van der Waals surface area contributed by atoms with Gasteiger partial charge in [-0.3, -0.25) is 0 Å². The highest BCUT2D eigenvalue weighted by atomic mass is 16.3. The molecule has 0 saturated heterocycles. The van der Waals surface area contributed by atoms with Gasteiger partial charge in [0.25, 0.3) is 0 Å². The van der Waals surface area contributed by atoms with Crippen molar-refractivity contribution in [3.63, 3.8) is 0 Å². The maximum atomic E-state index is 9.54. The average Bonchev–Trinajstić information content (AvgIpc) is 2.77. The van der Waals surface area contributed by atoms with Gasteiger partial charge < -0.3 is 5.11 Å². The Balaban J connectivity index is 0.000000145. The molecule has 29 heavy (non-hydrogen) atoms. The zero-order valence-electron chi connectivity index (χ0n) is 16.2. The quantitative estimate of drug-likeness (QED) is 0.312. The van der Waals surface area contributed by atoms with Crippen LogP contribution in [0.15, 0.2) is 104 Å². The summed E-state index contributed by atoms with van der Waals surface area (Å²) in [6.45, 7) is 7.54. The standard InChI is InChI=1S/C16H12.C12H10O/c1-2-12-8-5-9-15-10-13-6-3-4-7-14(13)11-16(12)15;1-2-10-11-6-4-3-5-9(11)7-8-12(10)13/h2-11H,1H2;2-8,13H,1H2. The van der Waals surface area contributed by atoms with Crippen LogP contribution in [0.2, 0.25) is 0 Å². The van der Waals surface area contributed by atoms with E-state index in [1.807, 2.05) is 36.4 Å². The van der Waals surface area contributed by atoms with Gasteiger partial charge in [-0.25, -0.2) is 0 Å². The first kappa shape index (κ1) is 18.5. The minimum Gasteiger partial charge on any atom is -0.507 e. The van der Waals surface area contributed by atoms with Crippen molar-refractivity contribution in [2.75, 3.05) is 0 Å². The Kier molecular flexibility index (Phi) is 5.13. The maximum Gasteiger partial charge on any atom is 0.123 e. The number of phenols is 1. The number of benzene rings is 5. The van der Waals surface area contributed by atoms with Crippen molar-refractivity contribution in [3.8, 4) is 5.75 Å². The first-order valence-corrected chi connectivity index (χ1v) is 9.58. The Morgan fingerprint density at radius 2 is 1.21 bits per heavy atom. The first-order chi connectivity index (χ1) is 14.2. The summed E-state index contributed by atoms with van der Waals surface area (Å²) in [5, 5.41) is 16.8.